The summed E-state index contributed by atoms with van der Waals surface area (Å²) in [4.78, 5) is 4.08. The van der Waals surface area contributed by atoms with Crippen LogP contribution in [0, 0.1) is 13.8 Å². The molecule has 0 saturated heterocycles. The van der Waals surface area contributed by atoms with Gasteiger partial charge >= 0.3 is 0 Å². The quantitative estimate of drug-likeness (QED) is 0.833. The molecule has 0 spiro atoms. The van der Waals surface area contributed by atoms with Crippen LogP contribution in [0.25, 0.3) is 0 Å². The van der Waals surface area contributed by atoms with Crippen LogP contribution in [0.5, 0.6) is 0 Å². The van der Waals surface area contributed by atoms with E-state index in [1.54, 1.807) is 6.20 Å². The van der Waals surface area contributed by atoms with Gasteiger partial charge in [0.25, 0.3) is 0 Å². The predicted molar refractivity (Wildman–Crippen MR) is 91.3 cm³/mol. The van der Waals surface area contributed by atoms with E-state index in [4.69, 9.17) is 12.2 Å². The lowest BCUT2D eigenvalue weighted by Crippen LogP contribution is -2.36. The number of thiocarbonyl (C=S) groups is 1. The highest BCUT2D eigenvalue weighted by atomic mass is 32.1. The third-order valence-electron chi connectivity index (χ3n) is 3.35. The molecule has 21 heavy (non-hydrogen) atoms. The SMILES string of the molecule is Cc1ccc(CCNC(=S)NCc2cccnc2)c(C)c1. The Bertz CT molecular complexity index is 596. The van der Waals surface area contributed by atoms with E-state index in [0.717, 1.165) is 18.5 Å². The predicted octanol–water partition coefficient (Wildman–Crippen LogP) is 2.91. The van der Waals surface area contributed by atoms with Crippen LogP contribution in [0.2, 0.25) is 0 Å². The van der Waals surface area contributed by atoms with Gasteiger partial charge in [0.05, 0.1) is 0 Å². The van der Waals surface area contributed by atoms with Crippen LogP contribution in [0.1, 0.15) is 22.3 Å². The zero-order chi connectivity index (χ0) is 15.1. The summed E-state index contributed by atoms with van der Waals surface area (Å²) >= 11 is 5.28. The van der Waals surface area contributed by atoms with E-state index in [1.165, 1.54) is 16.7 Å². The van der Waals surface area contributed by atoms with Gasteiger partial charge in [-0.3, -0.25) is 4.98 Å². The zero-order valence-corrected chi connectivity index (χ0v) is 13.3. The van der Waals surface area contributed by atoms with Crippen LogP contribution in [0.15, 0.2) is 42.7 Å². The fourth-order valence-corrected chi connectivity index (χ4v) is 2.36. The first-order valence-electron chi connectivity index (χ1n) is 7.12. The minimum Gasteiger partial charge on any atom is -0.362 e. The number of benzene rings is 1. The Morgan fingerprint density at radius 3 is 2.76 bits per heavy atom. The van der Waals surface area contributed by atoms with E-state index < -0.39 is 0 Å². The maximum atomic E-state index is 5.28. The molecule has 2 N–H and O–H groups in total. The summed E-state index contributed by atoms with van der Waals surface area (Å²) in [5, 5.41) is 7.12. The maximum absolute atomic E-state index is 5.28. The summed E-state index contributed by atoms with van der Waals surface area (Å²) in [6.07, 6.45) is 4.58. The highest BCUT2D eigenvalue weighted by molar-refractivity contribution is 7.80. The number of aryl methyl sites for hydroxylation is 2. The largest absolute Gasteiger partial charge is 0.362 e. The van der Waals surface area contributed by atoms with Crippen molar-refractivity contribution in [2.75, 3.05) is 6.54 Å². The second kappa shape index (κ2) is 7.74. The number of pyridine rings is 1. The van der Waals surface area contributed by atoms with E-state index in [9.17, 15) is 0 Å². The molecule has 110 valence electrons. The number of hydrogen-bond acceptors (Lipinski definition) is 2. The van der Waals surface area contributed by atoms with E-state index in [2.05, 4.69) is 47.7 Å². The molecule has 2 rings (SSSR count). The first-order valence-corrected chi connectivity index (χ1v) is 7.53. The summed E-state index contributed by atoms with van der Waals surface area (Å²) in [6.45, 7) is 5.81. The van der Waals surface area contributed by atoms with Crippen LogP contribution in [-0.4, -0.2) is 16.6 Å². The maximum Gasteiger partial charge on any atom is 0.166 e. The zero-order valence-electron chi connectivity index (χ0n) is 12.5. The monoisotopic (exact) mass is 299 g/mol. The van der Waals surface area contributed by atoms with E-state index >= 15 is 0 Å². The van der Waals surface area contributed by atoms with Crippen molar-refractivity contribution in [1.82, 2.24) is 15.6 Å². The third kappa shape index (κ3) is 5.16. The molecule has 0 saturated carbocycles. The van der Waals surface area contributed by atoms with Gasteiger partial charge in [-0.1, -0.05) is 29.8 Å². The van der Waals surface area contributed by atoms with Crippen LogP contribution in [0.4, 0.5) is 0 Å². The lowest BCUT2D eigenvalue weighted by atomic mass is 10.0. The summed E-state index contributed by atoms with van der Waals surface area (Å²) in [7, 11) is 0. The smallest absolute Gasteiger partial charge is 0.166 e. The lowest BCUT2D eigenvalue weighted by Gasteiger charge is -2.11. The minimum atomic E-state index is 0.684. The van der Waals surface area contributed by atoms with Crippen molar-refractivity contribution in [2.24, 2.45) is 0 Å². The Balaban J connectivity index is 1.72. The van der Waals surface area contributed by atoms with Crippen LogP contribution in [-0.2, 0) is 13.0 Å². The molecule has 0 radical (unpaired) electrons. The number of hydrogen-bond donors (Lipinski definition) is 2. The van der Waals surface area contributed by atoms with E-state index in [0.29, 0.717) is 11.7 Å². The Morgan fingerprint density at radius 1 is 1.19 bits per heavy atom. The van der Waals surface area contributed by atoms with Gasteiger partial charge in [-0.2, -0.15) is 0 Å². The van der Waals surface area contributed by atoms with Crippen molar-refractivity contribution in [3.05, 3.63) is 65.0 Å². The molecule has 0 amide bonds. The second-order valence-corrected chi connectivity index (χ2v) is 5.56. The topological polar surface area (TPSA) is 37.0 Å². The average molecular weight is 299 g/mol. The van der Waals surface area contributed by atoms with Crippen LogP contribution >= 0.6 is 12.2 Å². The van der Waals surface area contributed by atoms with Gasteiger partial charge in [0.1, 0.15) is 0 Å². The van der Waals surface area contributed by atoms with Crippen molar-refractivity contribution in [1.29, 1.82) is 0 Å². The Labute approximate surface area is 131 Å². The first-order chi connectivity index (χ1) is 10.1. The van der Waals surface area contributed by atoms with Crippen molar-refractivity contribution in [2.45, 2.75) is 26.8 Å². The van der Waals surface area contributed by atoms with Gasteiger partial charge in [0.2, 0.25) is 0 Å². The molecule has 0 aliphatic carbocycles. The number of aromatic nitrogens is 1. The van der Waals surface area contributed by atoms with Gasteiger partial charge in [-0.15, -0.1) is 0 Å². The molecular weight excluding hydrogens is 278 g/mol. The standard InChI is InChI=1S/C17H21N3S/c1-13-5-6-16(14(2)10-13)7-9-19-17(21)20-12-15-4-3-8-18-11-15/h3-6,8,10-11H,7,9,12H2,1-2H3,(H2,19,20,21). The molecule has 1 aromatic carbocycles. The van der Waals surface area contributed by atoms with Gasteiger partial charge in [0.15, 0.2) is 5.11 Å². The highest BCUT2D eigenvalue weighted by Gasteiger charge is 2.00. The first kappa shape index (κ1) is 15.4. The fraction of sp³-hybridized carbons (Fsp3) is 0.294. The van der Waals surface area contributed by atoms with Gasteiger partial charge in [-0.05, 0) is 55.2 Å². The number of nitrogens with zero attached hydrogens (tertiary/aromatic N) is 1. The molecule has 2 aromatic rings. The molecule has 1 heterocycles. The molecule has 0 unspecified atom stereocenters. The van der Waals surface area contributed by atoms with Crippen molar-refractivity contribution in [3.63, 3.8) is 0 Å². The van der Waals surface area contributed by atoms with Gasteiger partial charge in [-0.25, -0.2) is 0 Å². The Hall–Kier alpha value is -1.94. The molecule has 0 bridgehead atoms. The average Bonchev–Trinajstić information content (AvgIpc) is 2.48. The van der Waals surface area contributed by atoms with Crippen molar-refractivity contribution >= 4 is 17.3 Å². The summed E-state index contributed by atoms with van der Waals surface area (Å²) in [5.41, 5.74) is 5.13. The molecule has 1 aromatic heterocycles. The summed E-state index contributed by atoms with van der Waals surface area (Å²) in [6, 6.07) is 10.5. The van der Waals surface area contributed by atoms with E-state index in [1.807, 2.05) is 18.3 Å². The second-order valence-electron chi connectivity index (χ2n) is 5.15. The highest BCUT2D eigenvalue weighted by Crippen LogP contribution is 2.10. The lowest BCUT2D eigenvalue weighted by molar-refractivity contribution is 0.810. The number of nitrogens with one attached hydrogen (secondary N) is 2. The molecule has 4 heteroatoms. The van der Waals surface area contributed by atoms with Crippen LogP contribution < -0.4 is 10.6 Å². The molecular formula is C17H21N3S. The third-order valence-corrected chi connectivity index (χ3v) is 3.64. The van der Waals surface area contributed by atoms with Gasteiger partial charge in [0, 0.05) is 25.5 Å². The number of rotatable bonds is 5. The van der Waals surface area contributed by atoms with Crippen molar-refractivity contribution < 1.29 is 0 Å². The molecule has 0 fully saturated rings. The Morgan fingerprint density at radius 2 is 2.05 bits per heavy atom. The molecule has 3 nitrogen and oxygen atoms in total. The fourth-order valence-electron chi connectivity index (χ4n) is 2.18. The minimum absolute atomic E-state index is 0.684. The van der Waals surface area contributed by atoms with Crippen molar-refractivity contribution in [3.8, 4) is 0 Å². The molecule has 0 atom stereocenters. The normalized spacial score (nSPS) is 10.2. The van der Waals surface area contributed by atoms with Crippen LogP contribution in [0.3, 0.4) is 0 Å². The summed E-state index contributed by atoms with van der Waals surface area (Å²) < 4.78 is 0. The Kier molecular flexibility index (Phi) is 5.69. The van der Waals surface area contributed by atoms with Gasteiger partial charge < -0.3 is 10.6 Å². The van der Waals surface area contributed by atoms with E-state index in [-0.39, 0.29) is 0 Å². The summed E-state index contributed by atoms with van der Waals surface area (Å²) in [5.74, 6) is 0. The molecule has 0 aliphatic rings. The molecule has 0 aliphatic heterocycles.